The first-order valence-corrected chi connectivity index (χ1v) is 6.72. The third-order valence-corrected chi connectivity index (χ3v) is 3.64. The van der Waals surface area contributed by atoms with Gasteiger partial charge in [-0.1, -0.05) is 0 Å². The topological polar surface area (TPSA) is 74.2 Å². The molecule has 0 aliphatic carbocycles. The second-order valence-corrected chi connectivity index (χ2v) is 4.91. The standard InChI is InChI=1S/C15H20O6/c1-18-11-5-9(6-12(19-2)15(11)20-3)4-10-7-14(17)21-13(10)8-16/h5-6,10,13,16H,4,7-8H2,1-3H3/t10-,13+/m0/s1. The number of ether oxygens (including phenoxy) is 4. The van der Waals surface area contributed by atoms with Gasteiger partial charge in [-0.2, -0.15) is 0 Å². The van der Waals surface area contributed by atoms with Gasteiger partial charge in [-0.25, -0.2) is 0 Å². The van der Waals surface area contributed by atoms with Gasteiger partial charge in [-0.3, -0.25) is 4.79 Å². The number of aliphatic hydroxyl groups excluding tert-OH is 1. The molecule has 0 saturated carbocycles. The van der Waals surface area contributed by atoms with E-state index in [2.05, 4.69) is 0 Å². The Morgan fingerprint density at radius 1 is 1.19 bits per heavy atom. The molecule has 21 heavy (non-hydrogen) atoms. The van der Waals surface area contributed by atoms with E-state index in [-0.39, 0.29) is 18.5 Å². The summed E-state index contributed by atoms with van der Waals surface area (Å²) in [5.74, 6) is 1.34. The van der Waals surface area contributed by atoms with E-state index in [4.69, 9.17) is 18.9 Å². The number of hydrogen-bond acceptors (Lipinski definition) is 6. The van der Waals surface area contributed by atoms with Gasteiger partial charge >= 0.3 is 5.97 Å². The van der Waals surface area contributed by atoms with Crippen LogP contribution in [-0.4, -0.2) is 45.1 Å². The van der Waals surface area contributed by atoms with Crippen LogP contribution in [0.15, 0.2) is 12.1 Å². The van der Waals surface area contributed by atoms with Crippen molar-refractivity contribution in [3.8, 4) is 17.2 Å². The first-order valence-electron chi connectivity index (χ1n) is 6.72. The van der Waals surface area contributed by atoms with Crippen LogP contribution in [0.1, 0.15) is 12.0 Å². The highest BCUT2D eigenvalue weighted by Gasteiger charge is 2.34. The summed E-state index contributed by atoms with van der Waals surface area (Å²) in [6, 6.07) is 3.69. The average Bonchev–Trinajstić information content (AvgIpc) is 2.85. The zero-order valence-corrected chi connectivity index (χ0v) is 12.4. The molecule has 0 radical (unpaired) electrons. The maximum absolute atomic E-state index is 11.4. The first kappa shape index (κ1) is 15.4. The monoisotopic (exact) mass is 296 g/mol. The highest BCUT2D eigenvalue weighted by atomic mass is 16.6. The molecule has 0 aromatic heterocycles. The van der Waals surface area contributed by atoms with E-state index in [1.165, 1.54) is 0 Å². The SMILES string of the molecule is COc1cc(C[C@H]2CC(=O)O[C@@H]2CO)cc(OC)c1OC. The number of rotatable bonds is 6. The fourth-order valence-electron chi connectivity index (χ4n) is 2.60. The molecular formula is C15H20O6. The lowest BCUT2D eigenvalue weighted by Gasteiger charge is -2.17. The van der Waals surface area contributed by atoms with Gasteiger partial charge in [0.25, 0.3) is 0 Å². The van der Waals surface area contributed by atoms with Gasteiger partial charge in [0.05, 0.1) is 34.4 Å². The molecule has 1 aliphatic rings. The Kier molecular flexibility index (Phi) is 4.90. The number of esters is 1. The molecule has 1 heterocycles. The Bertz CT molecular complexity index is 488. The molecular weight excluding hydrogens is 276 g/mol. The van der Waals surface area contributed by atoms with E-state index in [0.717, 1.165) is 5.56 Å². The van der Waals surface area contributed by atoms with Crippen LogP contribution in [0.5, 0.6) is 17.2 Å². The lowest BCUT2D eigenvalue weighted by Crippen LogP contribution is -2.22. The summed E-state index contributed by atoms with van der Waals surface area (Å²) in [5, 5.41) is 9.27. The average molecular weight is 296 g/mol. The molecule has 116 valence electrons. The lowest BCUT2D eigenvalue weighted by molar-refractivity contribution is -0.142. The summed E-state index contributed by atoms with van der Waals surface area (Å²) in [6.45, 7) is -0.166. The van der Waals surface area contributed by atoms with E-state index in [0.29, 0.717) is 30.1 Å². The Labute approximate surface area is 123 Å². The van der Waals surface area contributed by atoms with Crippen molar-refractivity contribution in [2.45, 2.75) is 18.9 Å². The Balaban J connectivity index is 2.26. The first-order chi connectivity index (χ1) is 10.1. The van der Waals surface area contributed by atoms with Crippen molar-refractivity contribution in [1.82, 2.24) is 0 Å². The van der Waals surface area contributed by atoms with Crippen molar-refractivity contribution in [1.29, 1.82) is 0 Å². The number of carbonyl (C=O) groups is 1. The number of benzene rings is 1. The van der Waals surface area contributed by atoms with E-state index in [9.17, 15) is 9.90 Å². The molecule has 6 heteroatoms. The predicted octanol–water partition coefficient (Wildman–Crippen LogP) is 1.18. The fraction of sp³-hybridized carbons (Fsp3) is 0.533. The Morgan fingerprint density at radius 2 is 1.81 bits per heavy atom. The van der Waals surface area contributed by atoms with Crippen LogP contribution in [0.4, 0.5) is 0 Å². The van der Waals surface area contributed by atoms with Gasteiger partial charge in [0.2, 0.25) is 5.75 Å². The molecule has 0 amide bonds. The molecule has 0 unspecified atom stereocenters. The number of cyclic esters (lactones) is 1. The highest BCUT2D eigenvalue weighted by Crippen LogP contribution is 2.39. The van der Waals surface area contributed by atoms with Crippen LogP contribution in [0.3, 0.4) is 0 Å². The number of carbonyl (C=O) groups excluding carboxylic acids is 1. The van der Waals surface area contributed by atoms with Crippen LogP contribution in [-0.2, 0) is 16.0 Å². The zero-order chi connectivity index (χ0) is 15.4. The van der Waals surface area contributed by atoms with Crippen molar-refractivity contribution in [2.75, 3.05) is 27.9 Å². The van der Waals surface area contributed by atoms with Crippen molar-refractivity contribution >= 4 is 5.97 Å². The molecule has 1 aliphatic heterocycles. The molecule has 1 N–H and O–H groups in total. The maximum Gasteiger partial charge on any atom is 0.306 e. The normalized spacial score (nSPS) is 21.0. The van der Waals surface area contributed by atoms with Crippen LogP contribution in [0, 0.1) is 5.92 Å². The Morgan fingerprint density at radius 3 is 2.29 bits per heavy atom. The van der Waals surface area contributed by atoms with E-state index in [1.54, 1.807) is 21.3 Å². The van der Waals surface area contributed by atoms with E-state index >= 15 is 0 Å². The molecule has 0 bridgehead atoms. The minimum Gasteiger partial charge on any atom is -0.493 e. The van der Waals surface area contributed by atoms with Crippen molar-refractivity contribution in [2.24, 2.45) is 5.92 Å². The van der Waals surface area contributed by atoms with Crippen LogP contribution in [0.2, 0.25) is 0 Å². The summed E-state index contributed by atoms with van der Waals surface area (Å²) in [7, 11) is 4.66. The summed E-state index contributed by atoms with van der Waals surface area (Å²) in [4.78, 5) is 11.4. The van der Waals surface area contributed by atoms with Crippen LogP contribution < -0.4 is 14.2 Å². The van der Waals surface area contributed by atoms with Crippen LogP contribution >= 0.6 is 0 Å². The van der Waals surface area contributed by atoms with Gasteiger partial charge in [0, 0.05) is 5.92 Å². The number of methoxy groups -OCH3 is 3. The summed E-state index contributed by atoms with van der Waals surface area (Å²) < 4.78 is 21.0. The van der Waals surface area contributed by atoms with Crippen molar-refractivity contribution in [3.05, 3.63) is 17.7 Å². The quantitative estimate of drug-likeness (QED) is 0.795. The van der Waals surface area contributed by atoms with Crippen molar-refractivity contribution < 1.29 is 28.8 Å². The minimum atomic E-state index is -0.448. The molecule has 1 aromatic rings. The molecule has 0 spiro atoms. The second kappa shape index (κ2) is 6.67. The number of hydrogen-bond donors (Lipinski definition) is 1. The van der Waals surface area contributed by atoms with Gasteiger partial charge in [-0.15, -0.1) is 0 Å². The van der Waals surface area contributed by atoms with E-state index < -0.39 is 6.10 Å². The van der Waals surface area contributed by atoms with Crippen molar-refractivity contribution in [3.63, 3.8) is 0 Å². The molecule has 2 atom stereocenters. The summed E-state index contributed by atoms with van der Waals surface area (Å²) >= 11 is 0. The van der Waals surface area contributed by atoms with Gasteiger partial charge in [0.1, 0.15) is 6.10 Å². The molecule has 6 nitrogen and oxygen atoms in total. The van der Waals surface area contributed by atoms with Gasteiger partial charge in [-0.05, 0) is 24.1 Å². The van der Waals surface area contributed by atoms with Crippen LogP contribution in [0.25, 0.3) is 0 Å². The third kappa shape index (κ3) is 3.21. The molecule has 1 aromatic carbocycles. The third-order valence-electron chi connectivity index (χ3n) is 3.64. The highest BCUT2D eigenvalue weighted by molar-refractivity contribution is 5.72. The maximum atomic E-state index is 11.4. The van der Waals surface area contributed by atoms with Gasteiger partial charge < -0.3 is 24.1 Å². The number of aliphatic hydroxyl groups is 1. The molecule has 2 rings (SSSR count). The van der Waals surface area contributed by atoms with Gasteiger partial charge in [0.15, 0.2) is 11.5 Å². The van der Waals surface area contributed by atoms with E-state index in [1.807, 2.05) is 12.1 Å². The lowest BCUT2D eigenvalue weighted by atomic mass is 9.93. The summed E-state index contributed by atoms with van der Waals surface area (Å²) in [5.41, 5.74) is 0.936. The largest absolute Gasteiger partial charge is 0.493 e. The fourth-order valence-corrected chi connectivity index (χ4v) is 2.60. The molecule has 1 fully saturated rings. The second-order valence-electron chi connectivity index (χ2n) is 4.91. The minimum absolute atomic E-state index is 0.0506. The smallest absolute Gasteiger partial charge is 0.306 e. The summed E-state index contributed by atoms with van der Waals surface area (Å²) in [6.07, 6.45) is 0.451. The predicted molar refractivity (Wildman–Crippen MR) is 74.9 cm³/mol. The molecule has 1 saturated heterocycles. The Hall–Kier alpha value is -1.95. The zero-order valence-electron chi connectivity index (χ0n) is 12.4.